The molecule has 2 unspecified atom stereocenters. The van der Waals surface area contributed by atoms with Gasteiger partial charge < -0.3 is 10.4 Å². The summed E-state index contributed by atoms with van der Waals surface area (Å²) in [5.41, 5.74) is 5.39. The lowest BCUT2D eigenvalue weighted by molar-refractivity contribution is 0.0837. The van der Waals surface area contributed by atoms with Gasteiger partial charge in [-0.1, -0.05) is 56.3 Å². The molecule has 1 aromatic carbocycles. The van der Waals surface area contributed by atoms with Crippen molar-refractivity contribution < 1.29 is 9.90 Å². The lowest BCUT2D eigenvalue weighted by Gasteiger charge is -2.41. The number of pyridine rings is 1. The monoisotopic (exact) mass is 516 g/mol. The first-order valence-electron chi connectivity index (χ1n) is 14.5. The third-order valence-electron chi connectivity index (χ3n) is 9.02. The third kappa shape index (κ3) is 6.47. The van der Waals surface area contributed by atoms with E-state index in [9.17, 15) is 9.90 Å². The number of nitrogens with one attached hydrogen (secondary N) is 1. The van der Waals surface area contributed by atoms with E-state index in [1.54, 1.807) is 4.90 Å². The van der Waals surface area contributed by atoms with Crippen LogP contribution in [0.1, 0.15) is 80.8 Å². The molecule has 3 aliphatic rings. The molecule has 5 rings (SSSR count). The van der Waals surface area contributed by atoms with Crippen LogP contribution >= 0.6 is 0 Å². The molecule has 2 N–H and O–H groups in total. The molecule has 6 nitrogen and oxygen atoms in total. The summed E-state index contributed by atoms with van der Waals surface area (Å²) in [5, 5.41) is 13.8. The topological polar surface area (TPSA) is 68.7 Å². The number of rotatable bonds is 8. The van der Waals surface area contributed by atoms with Crippen molar-refractivity contribution in [1.29, 1.82) is 0 Å². The van der Waals surface area contributed by atoms with Crippen LogP contribution in [0.15, 0.2) is 54.7 Å². The molecule has 0 radical (unpaired) electrons. The summed E-state index contributed by atoms with van der Waals surface area (Å²) >= 11 is 0. The second kappa shape index (κ2) is 12.0. The Balaban J connectivity index is 1.29. The summed E-state index contributed by atoms with van der Waals surface area (Å²) in [4.78, 5) is 21.2. The van der Waals surface area contributed by atoms with Gasteiger partial charge in [0.25, 0.3) is 0 Å². The maximum atomic E-state index is 12.3. The fourth-order valence-electron chi connectivity index (χ4n) is 6.65. The van der Waals surface area contributed by atoms with Gasteiger partial charge in [-0.3, -0.25) is 14.8 Å². The number of fused-ring (bicyclic) bond motifs is 2. The van der Waals surface area contributed by atoms with Gasteiger partial charge in [0, 0.05) is 38.4 Å². The third-order valence-corrected chi connectivity index (χ3v) is 9.02. The highest BCUT2D eigenvalue weighted by atomic mass is 16.4. The van der Waals surface area contributed by atoms with Crippen LogP contribution < -0.4 is 5.32 Å². The smallest absolute Gasteiger partial charge is 0.407 e. The van der Waals surface area contributed by atoms with Gasteiger partial charge in [-0.05, 0) is 79.5 Å². The predicted molar refractivity (Wildman–Crippen MR) is 152 cm³/mol. The van der Waals surface area contributed by atoms with E-state index in [0.29, 0.717) is 24.5 Å². The summed E-state index contributed by atoms with van der Waals surface area (Å²) in [5.74, 6) is 0. The lowest BCUT2D eigenvalue weighted by Crippen LogP contribution is -2.50. The Morgan fingerprint density at radius 2 is 1.87 bits per heavy atom. The molecule has 2 heterocycles. The summed E-state index contributed by atoms with van der Waals surface area (Å²) in [6.45, 7) is 7.61. The SMILES string of the molecule is CC1(C)CCC(NC/C=C/CN(CC2Cc3ccccc3CN2C(=O)O)C2CCCc3cccnc32)CC1. The van der Waals surface area contributed by atoms with Crippen LogP contribution in [0, 0.1) is 5.41 Å². The Bertz CT molecular complexity index is 1120. The van der Waals surface area contributed by atoms with E-state index in [0.717, 1.165) is 44.3 Å². The van der Waals surface area contributed by atoms with E-state index in [2.05, 4.69) is 60.5 Å². The van der Waals surface area contributed by atoms with Crippen molar-refractivity contribution in [2.75, 3.05) is 19.6 Å². The van der Waals surface area contributed by atoms with Crippen LogP contribution in [-0.2, 0) is 19.4 Å². The highest BCUT2D eigenvalue weighted by molar-refractivity contribution is 5.66. The fraction of sp³-hybridized carbons (Fsp3) is 0.562. The number of carbonyl (C=O) groups is 1. The molecule has 6 heteroatoms. The molecule has 1 aliphatic heterocycles. The summed E-state index contributed by atoms with van der Waals surface area (Å²) in [7, 11) is 0. The van der Waals surface area contributed by atoms with Gasteiger partial charge in [-0.2, -0.15) is 0 Å². The van der Waals surface area contributed by atoms with Gasteiger partial charge >= 0.3 is 6.09 Å². The maximum absolute atomic E-state index is 12.3. The van der Waals surface area contributed by atoms with Crippen LogP contribution in [0.25, 0.3) is 0 Å². The van der Waals surface area contributed by atoms with E-state index in [-0.39, 0.29) is 12.1 Å². The molecule has 2 aliphatic carbocycles. The molecule has 204 valence electrons. The first-order valence-corrected chi connectivity index (χ1v) is 14.5. The average molecular weight is 517 g/mol. The van der Waals surface area contributed by atoms with Gasteiger partial charge in [0.15, 0.2) is 0 Å². The van der Waals surface area contributed by atoms with Crippen LogP contribution in [0.5, 0.6) is 0 Å². The zero-order valence-electron chi connectivity index (χ0n) is 23.1. The quantitative estimate of drug-likeness (QED) is 0.423. The number of carboxylic acid groups (broad SMARTS) is 1. The minimum Gasteiger partial charge on any atom is -0.465 e. The molecule has 0 spiro atoms. The van der Waals surface area contributed by atoms with Crippen molar-refractivity contribution in [3.63, 3.8) is 0 Å². The molecule has 1 amide bonds. The molecule has 2 atom stereocenters. The normalized spacial score (nSPS) is 23.4. The Labute approximate surface area is 228 Å². The van der Waals surface area contributed by atoms with Crippen molar-refractivity contribution in [1.82, 2.24) is 20.1 Å². The molecular weight excluding hydrogens is 472 g/mol. The summed E-state index contributed by atoms with van der Waals surface area (Å²) in [6.07, 6.45) is 14.7. The van der Waals surface area contributed by atoms with E-state index in [4.69, 9.17) is 4.98 Å². The largest absolute Gasteiger partial charge is 0.465 e. The minimum absolute atomic E-state index is 0.0754. The highest BCUT2D eigenvalue weighted by Crippen LogP contribution is 2.36. The van der Waals surface area contributed by atoms with E-state index in [1.807, 2.05) is 18.3 Å². The lowest BCUT2D eigenvalue weighted by atomic mass is 9.75. The Morgan fingerprint density at radius 1 is 1.11 bits per heavy atom. The number of hydrogen-bond acceptors (Lipinski definition) is 4. The molecule has 1 saturated carbocycles. The Kier molecular flexibility index (Phi) is 8.49. The molecule has 0 bridgehead atoms. The average Bonchev–Trinajstić information content (AvgIpc) is 2.92. The zero-order chi connectivity index (χ0) is 26.5. The molecule has 2 aromatic rings. The molecule has 1 fully saturated rings. The van der Waals surface area contributed by atoms with Gasteiger partial charge in [-0.25, -0.2) is 4.79 Å². The summed E-state index contributed by atoms with van der Waals surface area (Å²) < 4.78 is 0. The first-order chi connectivity index (χ1) is 18.4. The maximum Gasteiger partial charge on any atom is 0.407 e. The summed E-state index contributed by atoms with van der Waals surface area (Å²) in [6, 6.07) is 13.3. The van der Waals surface area contributed by atoms with E-state index < -0.39 is 6.09 Å². The van der Waals surface area contributed by atoms with Crippen LogP contribution in [-0.4, -0.2) is 57.7 Å². The second-order valence-electron chi connectivity index (χ2n) is 12.3. The van der Waals surface area contributed by atoms with Crippen LogP contribution in [0.3, 0.4) is 0 Å². The van der Waals surface area contributed by atoms with E-state index in [1.165, 1.54) is 42.5 Å². The van der Waals surface area contributed by atoms with Crippen molar-refractivity contribution in [3.8, 4) is 0 Å². The highest BCUT2D eigenvalue weighted by Gasteiger charge is 2.34. The molecule has 1 aromatic heterocycles. The number of hydrogen-bond donors (Lipinski definition) is 2. The van der Waals surface area contributed by atoms with Gasteiger partial charge in [0.1, 0.15) is 0 Å². The van der Waals surface area contributed by atoms with Gasteiger partial charge in [0.05, 0.1) is 17.8 Å². The molecular formula is C32H44N4O2. The Hall–Kier alpha value is -2.70. The predicted octanol–water partition coefficient (Wildman–Crippen LogP) is 5.98. The van der Waals surface area contributed by atoms with Crippen LogP contribution in [0.4, 0.5) is 4.79 Å². The minimum atomic E-state index is -0.831. The molecule has 0 saturated heterocycles. The van der Waals surface area contributed by atoms with Crippen molar-refractivity contribution in [2.45, 2.75) is 89.9 Å². The first kappa shape index (κ1) is 26.9. The van der Waals surface area contributed by atoms with Crippen molar-refractivity contribution in [2.24, 2.45) is 5.41 Å². The van der Waals surface area contributed by atoms with Crippen LogP contribution in [0.2, 0.25) is 0 Å². The van der Waals surface area contributed by atoms with Gasteiger partial charge in [0.2, 0.25) is 0 Å². The number of aryl methyl sites for hydroxylation is 1. The number of amides is 1. The number of benzene rings is 1. The second-order valence-corrected chi connectivity index (χ2v) is 12.3. The Morgan fingerprint density at radius 3 is 2.66 bits per heavy atom. The van der Waals surface area contributed by atoms with Gasteiger partial charge in [-0.15, -0.1) is 0 Å². The standard InChI is InChI=1S/C32H44N4O2/c1-32(2)16-14-27(15-17-32)33-18-5-6-20-35(29-13-7-11-24-12-8-19-34-30(24)29)23-28-21-25-9-3-4-10-26(25)22-36(28)31(37)38/h3-6,8-10,12,19,27-29,33H,7,11,13-18,20-23H2,1-2H3,(H,37,38)/b6-5+. The van der Waals surface area contributed by atoms with E-state index >= 15 is 0 Å². The van der Waals surface area contributed by atoms with Crippen molar-refractivity contribution >= 4 is 6.09 Å². The molecule has 38 heavy (non-hydrogen) atoms. The van der Waals surface area contributed by atoms with Crippen molar-refractivity contribution in [3.05, 3.63) is 77.1 Å². The zero-order valence-corrected chi connectivity index (χ0v) is 23.1. The fourth-order valence-corrected chi connectivity index (χ4v) is 6.65. The number of nitrogens with zero attached hydrogens (tertiary/aromatic N) is 3. The number of aromatic nitrogens is 1.